The number of nitrogen functional groups attached to an aromatic ring is 1. The van der Waals surface area contributed by atoms with E-state index in [9.17, 15) is 0 Å². The van der Waals surface area contributed by atoms with Gasteiger partial charge in [0.05, 0.1) is 5.52 Å². The number of hydrogen-bond acceptors (Lipinski definition) is 2. The van der Waals surface area contributed by atoms with Gasteiger partial charge in [-0.1, -0.05) is 25.4 Å². The largest absolute Gasteiger partial charge is 0.383 e. The van der Waals surface area contributed by atoms with Crippen LogP contribution in [0.1, 0.15) is 30.9 Å². The molecular formula is C13H15ClN2. The lowest BCUT2D eigenvalue weighted by Gasteiger charge is -2.11. The third-order valence-electron chi connectivity index (χ3n) is 2.76. The molecule has 0 saturated carbocycles. The van der Waals surface area contributed by atoms with E-state index in [1.165, 1.54) is 0 Å². The van der Waals surface area contributed by atoms with Gasteiger partial charge in [-0.05, 0) is 42.2 Å². The third-order valence-corrected chi connectivity index (χ3v) is 2.97. The summed E-state index contributed by atoms with van der Waals surface area (Å²) < 4.78 is 0. The first kappa shape index (κ1) is 11.2. The molecule has 0 fully saturated rings. The maximum absolute atomic E-state index is 6.04. The molecule has 0 saturated heterocycles. The van der Waals surface area contributed by atoms with E-state index < -0.39 is 0 Å². The standard InChI is InChI=1S/C13H15ClN2/c1-7(2)11-6-9-5-10(14)4-8(3)12(9)16-13(11)15/h4-7H,1-3H3,(H2,15,16). The number of nitrogens with two attached hydrogens (primary N) is 1. The fourth-order valence-corrected chi connectivity index (χ4v) is 2.19. The Bertz CT molecular complexity index is 547. The summed E-state index contributed by atoms with van der Waals surface area (Å²) in [6, 6.07) is 5.93. The molecule has 0 amide bonds. The Morgan fingerprint density at radius 1 is 1.25 bits per heavy atom. The Morgan fingerprint density at radius 2 is 1.94 bits per heavy atom. The molecule has 0 spiro atoms. The predicted molar refractivity (Wildman–Crippen MR) is 70.0 cm³/mol. The smallest absolute Gasteiger partial charge is 0.127 e. The molecule has 3 heteroatoms. The molecule has 16 heavy (non-hydrogen) atoms. The quantitative estimate of drug-likeness (QED) is 0.813. The minimum absolute atomic E-state index is 0.371. The summed E-state index contributed by atoms with van der Waals surface area (Å²) in [5.74, 6) is 0.990. The Morgan fingerprint density at radius 3 is 2.56 bits per heavy atom. The summed E-state index contributed by atoms with van der Waals surface area (Å²) in [6.45, 7) is 6.21. The van der Waals surface area contributed by atoms with E-state index in [1.54, 1.807) is 0 Å². The number of rotatable bonds is 1. The average molecular weight is 235 g/mol. The van der Waals surface area contributed by atoms with E-state index >= 15 is 0 Å². The van der Waals surface area contributed by atoms with Crippen molar-refractivity contribution in [3.05, 3.63) is 34.3 Å². The van der Waals surface area contributed by atoms with Crippen molar-refractivity contribution in [2.45, 2.75) is 26.7 Å². The Kier molecular flexibility index (Phi) is 2.76. The summed E-state index contributed by atoms with van der Waals surface area (Å²) in [5, 5.41) is 1.80. The number of halogens is 1. The van der Waals surface area contributed by atoms with E-state index in [1.807, 2.05) is 19.1 Å². The van der Waals surface area contributed by atoms with Crippen molar-refractivity contribution in [1.29, 1.82) is 0 Å². The van der Waals surface area contributed by atoms with Crippen LogP contribution in [0.4, 0.5) is 5.82 Å². The van der Waals surface area contributed by atoms with Crippen molar-refractivity contribution >= 4 is 28.3 Å². The van der Waals surface area contributed by atoms with Crippen LogP contribution in [0.5, 0.6) is 0 Å². The molecule has 0 aliphatic carbocycles. The maximum atomic E-state index is 6.04. The van der Waals surface area contributed by atoms with Gasteiger partial charge in [0.2, 0.25) is 0 Å². The van der Waals surface area contributed by atoms with Crippen molar-refractivity contribution in [2.75, 3.05) is 5.73 Å². The number of aromatic nitrogens is 1. The van der Waals surface area contributed by atoms with Crippen LogP contribution in [0.2, 0.25) is 5.02 Å². The summed E-state index contributed by atoms with van der Waals surface area (Å²) >= 11 is 6.04. The van der Waals surface area contributed by atoms with Crippen LogP contribution in [0.25, 0.3) is 10.9 Å². The first-order valence-corrected chi connectivity index (χ1v) is 5.73. The lowest BCUT2D eigenvalue weighted by atomic mass is 10.0. The summed E-state index contributed by atoms with van der Waals surface area (Å²) in [7, 11) is 0. The van der Waals surface area contributed by atoms with E-state index in [2.05, 4.69) is 24.9 Å². The van der Waals surface area contributed by atoms with Crippen LogP contribution >= 0.6 is 11.6 Å². The second-order valence-corrected chi connectivity index (χ2v) is 4.85. The first-order valence-electron chi connectivity index (χ1n) is 5.35. The lowest BCUT2D eigenvalue weighted by molar-refractivity contribution is 0.866. The van der Waals surface area contributed by atoms with Crippen molar-refractivity contribution in [1.82, 2.24) is 4.98 Å². The van der Waals surface area contributed by atoms with Crippen LogP contribution < -0.4 is 5.73 Å². The highest BCUT2D eigenvalue weighted by atomic mass is 35.5. The van der Waals surface area contributed by atoms with Gasteiger partial charge in [0, 0.05) is 10.4 Å². The number of nitrogens with zero attached hydrogens (tertiary/aromatic N) is 1. The molecule has 1 aromatic carbocycles. The highest BCUT2D eigenvalue weighted by Gasteiger charge is 2.09. The van der Waals surface area contributed by atoms with Gasteiger partial charge in [0.15, 0.2) is 0 Å². The third kappa shape index (κ3) is 1.85. The van der Waals surface area contributed by atoms with Gasteiger partial charge in [-0.15, -0.1) is 0 Å². The molecule has 0 aliphatic heterocycles. The number of anilines is 1. The molecule has 2 N–H and O–H groups in total. The summed E-state index contributed by atoms with van der Waals surface area (Å²) in [6.07, 6.45) is 0. The van der Waals surface area contributed by atoms with Crippen molar-refractivity contribution in [2.24, 2.45) is 0 Å². The number of aryl methyl sites for hydroxylation is 1. The van der Waals surface area contributed by atoms with Gasteiger partial charge in [-0.25, -0.2) is 4.98 Å². The zero-order valence-corrected chi connectivity index (χ0v) is 10.5. The summed E-state index contributed by atoms with van der Waals surface area (Å²) in [4.78, 5) is 4.46. The van der Waals surface area contributed by atoms with E-state index in [-0.39, 0.29) is 0 Å². The second-order valence-electron chi connectivity index (χ2n) is 4.41. The lowest BCUT2D eigenvalue weighted by Crippen LogP contribution is -2.00. The Hall–Kier alpha value is -1.28. The second kappa shape index (κ2) is 3.95. The van der Waals surface area contributed by atoms with Crippen LogP contribution in [-0.2, 0) is 0 Å². The molecule has 1 aromatic heterocycles. The number of benzene rings is 1. The molecule has 0 bridgehead atoms. The SMILES string of the molecule is Cc1cc(Cl)cc2cc(C(C)C)c(N)nc12. The molecular weight excluding hydrogens is 220 g/mol. The van der Waals surface area contributed by atoms with Gasteiger partial charge in [0.1, 0.15) is 5.82 Å². The highest BCUT2D eigenvalue weighted by molar-refractivity contribution is 6.31. The van der Waals surface area contributed by atoms with Crippen molar-refractivity contribution in [3.8, 4) is 0 Å². The van der Waals surface area contributed by atoms with Gasteiger partial charge in [-0.2, -0.15) is 0 Å². The minimum atomic E-state index is 0.371. The highest BCUT2D eigenvalue weighted by Crippen LogP contribution is 2.28. The molecule has 0 aliphatic rings. The fraction of sp³-hybridized carbons (Fsp3) is 0.308. The topological polar surface area (TPSA) is 38.9 Å². The zero-order valence-electron chi connectivity index (χ0n) is 9.71. The summed E-state index contributed by atoms with van der Waals surface area (Å²) in [5.41, 5.74) is 9.02. The number of fused-ring (bicyclic) bond motifs is 1. The Balaban J connectivity index is 2.79. The van der Waals surface area contributed by atoms with E-state index in [4.69, 9.17) is 17.3 Å². The molecule has 0 radical (unpaired) electrons. The van der Waals surface area contributed by atoms with Crippen molar-refractivity contribution in [3.63, 3.8) is 0 Å². The molecule has 2 aromatic rings. The Labute approximate surface area is 100 Å². The molecule has 0 unspecified atom stereocenters. The average Bonchev–Trinajstić information content (AvgIpc) is 2.18. The maximum Gasteiger partial charge on any atom is 0.127 e. The zero-order chi connectivity index (χ0) is 11.9. The molecule has 84 valence electrons. The minimum Gasteiger partial charge on any atom is -0.383 e. The van der Waals surface area contributed by atoms with Gasteiger partial charge < -0.3 is 5.73 Å². The molecule has 0 atom stereocenters. The normalized spacial score (nSPS) is 11.3. The van der Waals surface area contributed by atoms with Gasteiger partial charge in [0.25, 0.3) is 0 Å². The van der Waals surface area contributed by atoms with E-state index in [0.29, 0.717) is 11.7 Å². The monoisotopic (exact) mass is 234 g/mol. The van der Waals surface area contributed by atoms with Gasteiger partial charge in [-0.3, -0.25) is 0 Å². The van der Waals surface area contributed by atoms with E-state index in [0.717, 1.165) is 27.1 Å². The number of hydrogen-bond donors (Lipinski definition) is 1. The molecule has 2 nitrogen and oxygen atoms in total. The fourth-order valence-electron chi connectivity index (χ4n) is 1.91. The van der Waals surface area contributed by atoms with Crippen LogP contribution in [-0.4, -0.2) is 4.98 Å². The number of pyridine rings is 1. The molecule has 2 rings (SSSR count). The first-order chi connectivity index (χ1) is 7.49. The van der Waals surface area contributed by atoms with Gasteiger partial charge >= 0.3 is 0 Å². The van der Waals surface area contributed by atoms with Crippen LogP contribution in [0.15, 0.2) is 18.2 Å². The molecule has 1 heterocycles. The van der Waals surface area contributed by atoms with Crippen LogP contribution in [0, 0.1) is 6.92 Å². The van der Waals surface area contributed by atoms with Crippen molar-refractivity contribution < 1.29 is 0 Å². The predicted octanol–water partition coefficient (Wildman–Crippen LogP) is 3.90. The van der Waals surface area contributed by atoms with Crippen LogP contribution in [0.3, 0.4) is 0 Å².